The highest BCUT2D eigenvalue weighted by atomic mass is 19.1. The third-order valence-electron chi connectivity index (χ3n) is 2.82. The zero-order valence-electron chi connectivity index (χ0n) is 9.76. The number of fused-ring (bicyclic) bond motifs is 1. The third kappa shape index (κ3) is 2.08. The minimum atomic E-state index is -0.397. The second kappa shape index (κ2) is 4.24. The number of hydrogen-bond donors (Lipinski definition) is 1. The van der Waals surface area contributed by atoms with Crippen LogP contribution in [0.5, 0.6) is 5.75 Å². The summed E-state index contributed by atoms with van der Waals surface area (Å²) in [5.41, 5.74) is 0.563. The molecule has 3 nitrogen and oxygen atoms in total. The molecule has 4 heteroatoms. The summed E-state index contributed by atoms with van der Waals surface area (Å²) in [7, 11) is 0. The largest absolute Gasteiger partial charge is 0.508 e. The molecule has 0 atom stereocenters. The molecule has 0 spiro atoms. The number of aromatic hydroxyl groups is 1. The fraction of sp³-hybridized carbons (Fsp3) is 0. The van der Waals surface area contributed by atoms with Crippen molar-refractivity contribution in [1.29, 1.82) is 0 Å². The maximum atomic E-state index is 13.2. The molecule has 1 N–H and O–H groups in total. The zero-order chi connectivity index (χ0) is 13.4. The molecule has 1 heterocycles. The van der Waals surface area contributed by atoms with Crippen molar-refractivity contribution < 1.29 is 13.9 Å². The second-order valence-electron chi connectivity index (χ2n) is 4.17. The molecule has 0 amide bonds. The molecule has 94 valence electrons. The molecule has 0 aliphatic rings. The monoisotopic (exact) mass is 256 g/mol. The van der Waals surface area contributed by atoms with Crippen molar-refractivity contribution in [3.63, 3.8) is 0 Å². The van der Waals surface area contributed by atoms with Crippen LogP contribution in [0, 0.1) is 5.82 Å². The standard InChI is InChI=1S/C15H9FO3/c16-10-3-1-2-9(6-10)15-8-13(18)12-7-11(17)4-5-14(12)19-15/h1-8,17H. The molecule has 0 unspecified atom stereocenters. The first-order valence-electron chi connectivity index (χ1n) is 5.66. The van der Waals surface area contributed by atoms with Crippen molar-refractivity contribution in [2.24, 2.45) is 0 Å². The summed E-state index contributed by atoms with van der Waals surface area (Å²) in [5, 5.41) is 9.64. The Morgan fingerprint density at radius 2 is 1.89 bits per heavy atom. The van der Waals surface area contributed by atoms with Gasteiger partial charge >= 0.3 is 0 Å². The van der Waals surface area contributed by atoms with Gasteiger partial charge in [0, 0.05) is 11.6 Å². The van der Waals surface area contributed by atoms with E-state index < -0.39 is 5.82 Å². The lowest BCUT2D eigenvalue weighted by Crippen LogP contribution is -2.00. The molecule has 0 saturated heterocycles. The first kappa shape index (κ1) is 11.5. The summed E-state index contributed by atoms with van der Waals surface area (Å²) in [6, 6.07) is 11.4. The number of hydrogen-bond acceptors (Lipinski definition) is 3. The topological polar surface area (TPSA) is 50.4 Å². The third-order valence-corrected chi connectivity index (χ3v) is 2.82. The highest BCUT2D eigenvalue weighted by Gasteiger charge is 2.08. The Hall–Kier alpha value is -2.62. The van der Waals surface area contributed by atoms with Gasteiger partial charge in [-0.15, -0.1) is 0 Å². The van der Waals surface area contributed by atoms with Gasteiger partial charge in [0.1, 0.15) is 22.9 Å². The predicted octanol–water partition coefficient (Wildman–Crippen LogP) is 3.30. The van der Waals surface area contributed by atoms with Gasteiger partial charge in [0.15, 0.2) is 5.43 Å². The van der Waals surface area contributed by atoms with Crippen LogP contribution in [0.1, 0.15) is 0 Å². The lowest BCUT2D eigenvalue weighted by Gasteiger charge is -2.03. The van der Waals surface area contributed by atoms with E-state index in [-0.39, 0.29) is 11.2 Å². The van der Waals surface area contributed by atoms with E-state index in [2.05, 4.69) is 0 Å². The average Bonchev–Trinajstić information content (AvgIpc) is 2.39. The van der Waals surface area contributed by atoms with Gasteiger partial charge in [-0.3, -0.25) is 4.79 Å². The van der Waals surface area contributed by atoms with E-state index in [1.807, 2.05) is 0 Å². The van der Waals surface area contributed by atoms with E-state index in [0.717, 1.165) is 0 Å². The van der Waals surface area contributed by atoms with Crippen molar-refractivity contribution in [3.8, 4) is 17.1 Å². The summed E-state index contributed by atoms with van der Waals surface area (Å²) in [6.45, 7) is 0. The minimum Gasteiger partial charge on any atom is -0.508 e. The summed E-state index contributed by atoms with van der Waals surface area (Å²) >= 11 is 0. The Bertz CT molecular complexity index is 821. The Morgan fingerprint density at radius 3 is 2.68 bits per heavy atom. The molecule has 0 bridgehead atoms. The molecule has 0 aliphatic carbocycles. The Kier molecular flexibility index (Phi) is 2.56. The molecule has 0 saturated carbocycles. The summed E-state index contributed by atoms with van der Waals surface area (Å²) in [4.78, 5) is 11.9. The fourth-order valence-corrected chi connectivity index (χ4v) is 1.93. The molecular formula is C15H9FO3. The van der Waals surface area contributed by atoms with Gasteiger partial charge in [-0.1, -0.05) is 12.1 Å². The second-order valence-corrected chi connectivity index (χ2v) is 4.17. The Balaban J connectivity index is 2.27. The van der Waals surface area contributed by atoms with Crippen molar-refractivity contribution in [1.82, 2.24) is 0 Å². The number of phenolic OH excluding ortho intramolecular Hbond substituents is 1. The first-order valence-corrected chi connectivity index (χ1v) is 5.66. The molecule has 19 heavy (non-hydrogen) atoms. The van der Waals surface area contributed by atoms with Crippen LogP contribution in [0.4, 0.5) is 4.39 Å². The van der Waals surface area contributed by atoms with Crippen molar-refractivity contribution >= 4 is 11.0 Å². The molecule has 0 fully saturated rings. The van der Waals surface area contributed by atoms with Gasteiger partial charge in [0.2, 0.25) is 0 Å². The maximum absolute atomic E-state index is 13.2. The SMILES string of the molecule is O=c1cc(-c2cccc(F)c2)oc2ccc(O)cc12. The van der Waals surface area contributed by atoms with Crippen LogP contribution in [0.3, 0.4) is 0 Å². The number of rotatable bonds is 1. The summed E-state index contributed by atoms with van der Waals surface area (Å²) < 4.78 is 18.7. The van der Waals surface area contributed by atoms with E-state index in [1.54, 1.807) is 12.1 Å². The number of phenols is 1. The van der Waals surface area contributed by atoms with Crippen LogP contribution in [0.15, 0.2) is 57.7 Å². The molecule has 1 aromatic heterocycles. The average molecular weight is 256 g/mol. The van der Waals surface area contributed by atoms with Crippen molar-refractivity contribution in [3.05, 3.63) is 64.6 Å². The fourth-order valence-electron chi connectivity index (χ4n) is 1.93. The zero-order valence-corrected chi connectivity index (χ0v) is 9.76. The van der Waals surface area contributed by atoms with E-state index >= 15 is 0 Å². The molecule has 0 radical (unpaired) electrons. The molecule has 2 aromatic carbocycles. The Morgan fingerprint density at radius 1 is 1.05 bits per heavy atom. The van der Waals surface area contributed by atoms with Crippen LogP contribution >= 0.6 is 0 Å². The van der Waals surface area contributed by atoms with Gasteiger partial charge in [0.25, 0.3) is 0 Å². The summed E-state index contributed by atoms with van der Waals surface area (Å²) in [5.74, 6) is -0.105. The van der Waals surface area contributed by atoms with Crippen molar-refractivity contribution in [2.45, 2.75) is 0 Å². The van der Waals surface area contributed by atoms with Crippen LogP contribution in [0.25, 0.3) is 22.3 Å². The van der Waals surface area contributed by atoms with Crippen LogP contribution < -0.4 is 5.43 Å². The lowest BCUT2D eigenvalue weighted by molar-refractivity contribution is 0.475. The van der Waals surface area contributed by atoms with Crippen molar-refractivity contribution in [2.75, 3.05) is 0 Å². The lowest BCUT2D eigenvalue weighted by atomic mass is 10.1. The highest BCUT2D eigenvalue weighted by Crippen LogP contribution is 2.24. The van der Waals surface area contributed by atoms with Crippen LogP contribution in [0.2, 0.25) is 0 Å². The smallest absolute Gasteiger partial charge is 0.193 e. The van der Waals surface area contributed by atoms with Crippen LogP contribution in [-0.2, 0) is 0 Å². The normalized spacial score (nSPS) is 10.8. The molecule has 3 rings (SSSR count). The molecule has 0 aliphatic heterocycles. The van der Waals surface area contributed by atoms with E-state index in [9.17, 15) is 14.3 Å². The number of benzene rings is 2. The van der Waals surface area contributed by atoms with Gasteiger partial charge in [-0.05, 0) is 30.3 Å². The molecule has 3 aromatic rings. The predicted molar refractivity (Wildman–Crippen MR) is 69.5 cm³/mol. The van der Waals surface area contributed by atoms with Gasteiger partial charge in [-0.2, -0.15) is 0 Å². The molecular weight excluding hydrogens is 247 g/mol. The maximum Gasteiger partial charge on any atom is 0.193 e. The van der Waals surface area contributed by atoms with Gasteiger partial charge < -0.3 is 9.52 Å². The summed E-state index contributed by atoms with van der Waals surface area (Å²) in [6.07, 6.45) is 0. The highest BCUT2D eigenvalue weighted by molar-refractivity contribution is 5.80. The number of halogens is 1. The van der Waals surface area contributed by atoms with Gasteiger partial charge in [0.05, 0.1) is 5.39 Å². The quantitative estimate of drug-likeness (QED) is 0.726. The van der Waals surface area contributed by atoms with E-state index in [0.29, 0.717) is 22.3 Å². The minimum absolute atomic E-state index is 0.00157. The van der Waals surface area contributed by atoms with Gasteiger partial charge in [-0.25, -0.2) is 4.39 Å². The van der Waals surface area contributed by atoms with E-state index in [4.69, 9.17) is 4.42 Å². The first-order chi connectivity index (χ1) is 9.13. The Labute approximate surface area is 107 Å². The van der Waals surface area contributed by atoms with E-state index in [1.165, 1.54) is 36.4 Å². The van der Waals surface area contributed by atoms with Crippen LogP contribution in [-0.4, -0.2) is 5.11 Å².